The quantitative estimate of drug-likeness (QED) is 0.125. The van der Waals surface area contributed by atoms with Crippen molar-refractivity contribution in [2.75, 3.05) is 36.7 Å². The highest BCUT2D eigenvalue weighted by atomic mass is 16.5. The van der Waals surface area contributed by atoms with Crippen molar-refractivity contribution in [2.45, 2.75) is 129 Å². The predicted molar refractivity (Wildman–Crippen MR) is 163 cm³/mol. The van der Waals surface area contributed by atoms with Crippen molar-refractivity contribution in [2.24, 2.45) is 7.05 Å². The van der Waals surface area contributed by atoms with Gasteiger partial charge in [-0.15, -0.1) is 0 Å². The van der Waals surface area contributed by atoms with Gasteiger partial charge in [0.25, 0.3) is 5.56 Å². The van der Waals surface area contributed by atoms with Crippen LogP contribution in [0.4, 0.5) is 11.5 Å². The zero-order chi connectivity index (χ0) is 28.3. The van der Waals surface area contributed by atoms with Crippen LogP contribution in [0.2, 0.25) is 0 Å². The molecule has 0 saturated heterocycles. The Labute approximate surface area is 236 Å². The number of nitrogens with one attached hydrogen (secondary N) is 1. The maximum Gasteiger partial charge on any atom is 0.329 e. The fraction of sp³-hybridized carbons (Fsp3) is 0.806. The Morgan fingerprint density at radius 3 is 2.08 bits per heavy atom. The lowest BCUT2D eigenvalue weighted by molar-refractivity contribution is 0.0758. The van der Waals surface area contributed by atoms with E-state index in [1.54, 1.807) is 13.3 Å². The Balaban J connectivity index is 1.41. The van der Waals surface area contributed by atoms with Gasteiger partial charge in [-0.05, 0) is 38.2 Å². The number of aromatic amines is 1. The zero-order valence-corrected chi connectivity index (χ0v) is 25.1. The van der Waals surface area contributed by atoms with Gasteiger partial charge in [0.1, 0.15) is 18.1 Å². The van der Waals surface area contributed by atoms with Crippen LogP contribution in [0, 0.1) is 0 Å². The minimum Gasteiger partial charge on any atom is -0.499 e. The molecule has 0 radical (unpaired) electrons. The molecule has 224 valence electrons. The summed E-state index contributed by atoms with van der Waals surface area (Å²) in [6.45, 7) is 3.89. The number of nitrogens with zero attached hydrogens (tertiary/aromatic N) is 3. The first-order chi connectivity index (χ1) is 19.0. The number of aliphatic hydroxyl groups is 1. The Kier molecular flexibility index (Phi) is 16.7. The molecule has 0 aromatic carbocycles. The molecule has 0 spiro atoms. The molecule has 0 bridgehead atoms. The van der Waals surface area contributed by atoms with Gasteiger partial charge in [0, 0.05) is 20.6 Å². The molecule has 1 atom stereocenters. The fourth-order valence-corrected chi connectivity index (χ4v) is 5.40. The fourth-order valence-electron chi connectivity index (χ4n) is 5.40. The van der Waals surface area contributed by atoms with Crippen LogP contribution in [0.5, 0.6) is 0 Å². The third kappa shape index (κ3) is 12.7. The van der Waals surface area contributed by atoms with Crippen LogP contribution in [0.25, 0.3) is 0 Å². The number of hydrogen-bond acceptors (Lipinski definition) is 6. The predicted octanol–water partition coefficient (Wildman–Crippen LogP) is 6.22. The highest BCUT2D eigenvalue weighted by molar-refractivity contribution is 5.71. The monoisotopic (exact) mass is 548 g/mol. The minimum atomic E-state index is -0.489. The number of fused-ring (bicyclic) bond motifs is 1. The summed E-state index contributed by atoms with van der Waals surface area (Å²) in [4.78, 5) is 30.4. The molecule has 1 aromatic heterocycles. The number of ether oxygens (including phenoxy) is 1. The lowest BCUT2D eigenvalue weighted by Crippen LogP contribution is -2.32. The standard InChI is InChI=1S/C31H56N4O4/c1-4-5-6-7-8-9-10-11-12-13-14-15-16-17-18-21-24-39-25-27(36)22-19-20-23-35-26-33(2)28-29(37)32-31(38)34(3)30(28)35/h21,24,27,36H,4-20,22-23,25-26H2,1-3H3,(H,32,37,38). The van der Waals surface area contributed by atoms with Crippen LogP contribution in [-0.2, 0) is 11.8 Å². The smallest absolute Gasteiger partial charge is 0.329 e. The van der Waals surface area contributed by atoms with E-state index in [0.29, 0.717) is 31.2 Å². The molecule has 39 heavy (non-hydrogen) atoms. The van der Waals surface area contributed by atoms with Gasteiger partial charge in [0.2, 0.25) is 0 Å². The number of hydrogen-bond donors (Lipinski definition) is 2. The maximum atomic E-state index is 12.2. The Morgan fingerprint density at radius 1 is 0.872 bits per heavy atom. The second-order valence-electron chi connectivity index (χ2n) is 11.3. The summed E-state index contributed by atoms with van der Waals surface area (Å²) in [5.41, 5.74) is -0.210. The van der Waals surface area contributed by atoms with E-state index in [4.69, 9.17) is 4.74 Å². The van der Waals surface area contributed by atoms with E-state index in [0.717, 1.165) is 25.8 Å². The van der Waals surface area contributed by atoms with Gasteiger partial charge in [-0.2, -0.15) is 0 Å². The number of allylic oxidation sites excluding steroid dienone is 1. The van der Waals surface area contributed by atoms with Crippen LogP contribution in [0.15, 0.2) is 21.9 Å². The Morgan fingerprint density at radius 2 is 1.46 bits per heavy atom. The van der Waals surface area contributed by atoms with Crippen LogP contribution >= 0.6 is 0 Å². The number of aliphatic hydroxyl groups excluding tert-OH is 1. The molecule has 2 heterocycles. The lowest BCUT2D eigenvalue weighted by Gasteiger charge is -2.20. The van der Waals surface area contributed by atoms with Gasteiger partial charge in [-0.1, -0.05) is 90.4 Å². The third-order valence-electron chi connectivity index (χ3n) is 7.75. The normalized spacial score (nSPS) is 13.9. The van der Waals surface area contributed by atoms with Gasteiger partial charge < -0.3 is 19.6 Å². The van der Waals surface area contributed by atoms with Crippen molar-refractivity contribution >= 4 is 11.5 Å². The van der Waals surface area contributed by atoms with E-state index in [-0.39, 0.29) is 5.56 Å². The number of anilines is 2. The van der Waals surface area contributed by atoms with Crippen molar-refractivity contribution in [1.82, 2.24) is 9.55 Å². The summed E-state index contributed by atoms with van der Waals surface area (Å²) in [7, 11) is 3.53. The number of aromatic nitrogens is 2. The molecule has 0 amide bonds. The molecule has 1 unspecified atom stereocenters. The van der Waals surface area contributed by atoms with Crippen molar-refractivity contribution in [1.29, 1.82) is 0 Å². The van der Waals surface area contributed by atoms with Crippen molar-refractivity contribution < 1.29 is 9.84 Å². The first-order valence-corrected chi connectivity index (χ1v) is 15.7. The van der Waals surface area contributed by atoms with Crippen molar-refractivity contribution in [3.8, 4) is 0 Å². The van der Waals surface area contributed by atoms with Crippen molar-refractivity contribution in [3.63, 3.8) is 0 Å². The zero-order valence-electron chi connectivity index (χ0n) is 25.1. The first-order valence-electron chi connectivity index (χ1n) is 15.7. The highest BCUT2D eigenvalue weighted by Gasteiger charge is 2.29. The largest absolute Gasteiger partial charge is 0.499 e. The summed E-state index contributed by atoms with van der Waals surface area (Å²) in [6, 6.07) is 0. The molecular formula is C31H56N4O4. The van der Waals surface area contributed by atoms with Crippen LogP contribution in [0.1, 0.15) is 122 Å². The molecule has 1 aromatic rings. The molecule has 1 aliphatic heterocycles. The third-order valence-corrected chi connectivity index (χ3v) is 7.75. The van der Waals surface area contributed by atoms with E-state index < -0.39 is 11.8 Å². The SMILES string of the molecule is CCCCCCCCCCCCCCCCC=COCC(O)CCCCN1CN(C)c2c1n(C)c(=O)[nH]c2=O. The first kappa shape index (κ1) is 33.0. The minimum absolute atomic E-state index is 0.314. The summed E-state index contributed by atoms with van der Waals surface area (Å²) in [5, 5.41) is 10.2. The molecule has 8 nitrogen and oxygen atoms in total. The van der Waals surface area contributed by atoms with Crippen LogP contribution in [0.3, 0.4) is 0 Å². The van der Waals surface area contributed by atoms with Gasteiger partial charge in [-0.25, -0.2) is 4.79 Å². The molecule has 0 fully saturated rings. The summed E-state index contributed by atoms with van der Waals surface area (Å²) < 4.78 is 7.02. The average Bonchev–Trinajstić information content (AvgIpc) is 3.25. The molecule has 8 heteroatoms. The van der Waals surface area contributed by atoms with Gasteiger partial charge in [0.05, 0.1) is 19.0 Å². The van der Waals surface area contributed by atoms with Gasteiger partial charge in [-0.3, -0.25) is 14.3 Å². The number of unbranched alkanes of at least 4 members (excludes halogenated alkanes) is 15. The number of rotatable bonds is 23. The number of H-pyrrole nitrogens is 1. The Bertz CT molecular complexity index is 926. The van der Waals surface area contributed by atoms with E-state index in [1.165, 1.54) is 94.5 Å². The summed E-state index contributed by atoms with van der Waals surface area (Å²) in [6.07, 6.45) is 26.0. The van der Waals surface area contributed by atoms with Crippen LogP contribution in [-0.4, -0.2) is 47.6 Å². The highest BCUT2D eigenvalue weighted by Crippen LogP contribution is 2.29. The van der Waals surface area contributed by atoms with E-state index in [1.807, 2.05) is 11.9 Å². The molecule has 0 saturated carbocycles. The summed E-state index contributed by atoms with van der Waals surface area (Å²) >= 11 is 0. The van der Waals surface area contributed by atoms with Gasteiger partial charge >= 0.3 is 5.69 Å². The second kappa shape index (κ2) is 19.8. The van der Waals surface area contributed by atoms with E-state index in [9.17, 15) is 14.7 Å². The van der Waals surface area contributed by atoms with Crippen LogP contribution < -0.4 is 21.0 Å². The second-order valence-corrected chi connectivity index (χ2v) is 11.3. The molecule has 2 rings (SSSR count). The molecule has 1 aliphatic rings. The Hall–Kier alpha value is -2.22. The van der Waals surface area contributed by atoms with Crippen molar-refractivity contribution in [3.05, 3.63) is 33.2 Å². The molecular weight excluding hydrogens is 492 g/mol. The average molecular weight is 549 g/mol. The summed E-state index contributed by atoms with van der Waals surface area (Å²) in [5.74, 6) is 0.666. The topological polar surface area (TPSA) is 90.8 Å². The molecule has 2 N–H and O–H groups in total. The van der Waals surface area contributed by atoms with E-state index >= 15 is 0 Å². The lowest BCUT2D eigenvalue weighted by atomic mass is 10.0. The van der Waals surface area contributed by atoms with E-state index in [2.05, 4.69) is 22.9 Å². The van der Waals surface area contributed by atoms with Gasteiger partial charge in [0.15, 0.2) is 0 Å². The maximum absolute atomic E-state index is 12.2. The molecule has 0 aliphatic carbocycles.